The van der Waals surface area contributed by atoms with Crippen molar-refractivity contribution in [2.45, 2.75) is 19.4 Å². The molecular formula is C25H20FNO3. The summed E-state index contributed by atoms with van der Waals surface area (Å²) in [7, 11) is 0. The van der Waals surface area contributed by atoms with Gasteiger partial charge in [0.15, 0.2) is 0 Å². The lowest BCUT2D eigenvalue weighted by Crippen LogP contribution is -2.29. The standard InChI is InChI=1S/C25H20FNO3/c1-2-16-8-10-17(11-9-16)22-21(23(28)18-12-14-19(26)15-13-18)24(29)25(30)27(22)20-6-4-3-5-7-20/h3-15,22,28H,2H2,1H3/b23-21-. The zero-order valence-corrected chi connectivity index (χ0v) is 16.4. The summed E-state index contributed by atoms with van der Waals surface area (Å²) in [6.07, 6.45) is 0.856. The third-order valence-electron chi connectivity index (χ3n) is 5.30. The van der Waals surface area contributed by atoms with Crippen LogP contribution in [0, 0.1) is 5.82 Å². The maximum absolute atomic E-state index is 13.3. The van der Waals surface area contributed by atoms with Crippen LogP contribution in [0.4, 0.5) is 10.1 Å². The van der Waals surface area contributed by atoms with Crippen molar-refractivity contribution < 1.29 is 19.1 Å². The van der Waals surface area contributed by atoms with Crippen LogP contribution in [0.25, 0.3) is 5.76 Å². The molecule has 1 heterocycles. The van der Waals surface area contributed by atoms with Crippen LogP contribution in [0.1, 0.15) is 29.7 Å². The molecule has 1 atom stereocenters. The number of hydrogen-bond donors (Lipinski definition) is 1. The molecule has 1 saturated heterocycles. The molecule has 150 valence electrons. The van der Waals surface area contributed by atoms with Crippen molar-refractivity contribution in [3.63, 3.8) is 0 Å². The Morgan fingerprint density at radius 2 is 1.57 bits per heavy atom. The maximum Gasteiger partial charge on any atom is 0.300 e. The number of carbonyl (C=O) groups is 2. The Morgan fingerprint density at radius 3 is 2.17 bits per heavy atom. The Kier molecular flexibility index (Phi) is 5.19. The Labute approximate surface area is 173 Å². The van der Waals surface area contributed by atoms with Gasteiger partial charge in [-0.3, -0.25) is 14.5 Å². The van der Waals surface area contributed by atoms with Crippen LogP contribution in [0.2, 0.25) is 0 Å². The van der Waals surface area contributed by atoms with Crippen LogP contribution < -0.4 is 4.90 Å². The fraction of sp³-hybridized carbons (Fsp3) is 0.120. The van der Waals surface area contributed by atoms with Crippen molar-refractivity contribution in [3.8, 4) is 0 Å². The molecule has 0 aromatic heterocycles. The summed E-state index contributed by atoms with van der Waals surface area (Å²) in [5, 5.41) is 11.0. The molecule has 1 amide bonds. The van der Waals surface area contributed by atoms with Crippen molar-refractivity contribution in [2.24, 2.45) is 0 Å². The average molecular weight is 401 g/mol. The van der Waals surface area contributed by atoms with E-state index in [0.29, 0.717) is 11.3 Å². The van der Waals surface area contributed by atoms with Crippen LogP contribution in [-0.2, 0) is 16.0 Å². The second kappa shape index (κ2) is 7.95. The highest BCUT2D eigenvalue weighted by Gasteiger charge is 2.46. The van der Waals surface area contributed by atoms with E-state index in [4.69, 9.17) is 0 Å². The minimum absolute atomic E-state index is 0.0142. The molecule has 4 rings (SSSR count). The lowest BCUT2D eigenvalue weighted by Gasteiger charge is -2.25. The first-order valence-electron chi connectivity index (χ1n) is 9.72. The van der Waals surface area contributed by atoms with Crippen molar-refractivity contribution in [2.75, 3.05) is 4.90 Å². The molecule has 1 fully saturated rings. The molecule has 1 aliphatic rings. The molecule has 3 aromatic rings. The van der Waals surface area contributed by atoms with Crippen LogP contribution in [0.15, 0.2) is 84.4 Å². The predicted molar refractivity (Wildman–Crippen MR) is 113 cm³/mol. The highest BCUT2D eigenvalue weighted by molar-refractivity contribution is 6.51. The summed E-state index contributed by atoms with van der Waals surface area (Å²) < 4.78 is 13.3. The molecule has 0 spiro atoms. The van der Waals surface area contributed by atoms with Crippen molar-refractivity contribution in [1.82, 2.24) is 0 Å². The number of aryl methyl sites for hydroxylation is 1. The molecular weight excluding hydrogens is 381 g/mol. The molecule has 1 N–H and O–H groups in total. The quantitative estimate of drug-likeness (QED) is 0.380. The summed E-state index contributed by atoms with van der Waals surface area (Å²) in [5.41, 5.74) is 2.65. The van der Waals surface area contributed by atoms with Crippen LogP contribution in [0.3, 0.4) is 0 Å². The number of halogens is 1. The van der Waals surface area contributed by atoms with Crippen molar-refractivity contribution in [3.05, 3.63) is 107 Å². The number of rotatable bonds is 4. The Bertz CT molecular complexity index is 1120. The number of amides is 1. The first-order valence-corrected chi connectivity index (χ1v) is 9.72. The largest absolute Gasteiger partial charge is 0.507 e. The van der Waals surface area contributed by atoms with E-state index in [0.717, 1.165) is 12.0 Å². The van der Waals surface area contributed by atoms with E-state index in [1.807, 2.05) is 37.3 Å². The highest BCUT2D eigenvalue weighted by atomic mass is 19.1. The number of aliphatic hydroxyl groups is 1. The number of hydrogen-bond acceptors (Lipinski definition) is 3. The zero-order chi connectivity index (χ0) is 21.3. The third kappa shape index (κ3) is 3.39. The summed E-state index contributed by atoms with van der Waals surface area (Å²) >= 11 is 0. The minimum atomic E-state index is -0.789. The normalized spacial score (nSPS) is 18.1. The van der Waals surface area contributed by atoms with Crippen LogP contribution in [0.5, 0.6) is 0 Å². The molecule has 0 bridgehead atoms. The smallest absolute Gasteiger partial charge is 0.300 e. The molecule has 30 heavy (non-hydrogen) atoms. The van der Waals surface area contributed by atoms with E-state index >= 15 is 0 Å². The number of aliphatic hydroxyl groups excluding tert-OH is 1. The van der Waals surface area contributed by atoms with Gasteiger partial charge in [0.2, 0.25) is 0 Å². The van der Waals surface area contributed by atoms with Gasteiger partial charge in [-0.25, -0.2) is 4.39 Å². The van der Waals surface area contributed by atoms with E-state index in [9.17, 15) is 19.1 Å². The van der Waals surface area contributed by atoms with Crippen molar-refractivity contribution in [1.29, 1.82) is 0 Å². The molecule has 0 saturated carbocycles. The van der Waals surface area contributed by atoms with Crippen LogP contribution >= 0.6 is 0 Å². The minimum Gasteiger partial charge on any atom is -0.507 e. The SMILES string of the molecule is CCc1ccc(C2/C(=C(/O)c3ccc(F)cc3)C(=O)C(=O)N2c2ccccc2)cc1. The van der Waals surface area contributed by atoms with E-state index in [1.165, 1.54) is 29.2 Å². The fourth-order valence-corrected chi connectivity index (χ4v) is 3.70. The number of Topliss-reactive ketones (excluding diaryl/α,β-unsaturated/α-hetero) is 1. The van der Waals surface area contributed by atoms with Gasteiger partial charge in [0, 0.05) is 11.3 Å². The van der Waals surface area contributed by atoms with Crippen LogP contribution in [-0.4, -0.2) is 16.8 Å². The number of anilines is 1. The summed E-state index contributed by atoms with van der Waals surface area (Å²) in [5.74, 6) is -2.26. The van der Waals surface area contributed by atoms with Gasteiger partial charge in [-0.15, -0.1) is 0 Å². The number of nitrogens with zero attached hydrogens (tertiary/aromatic N) is 1. The zero-order valence-electron chi connectivity index (χ0n) is 16.4. The average Bonchev–Trinajstić information content (AvgIpc) is 3.05. The fourth-order valence-electron chi connectivity index (χ4n) is 3.70. The van der Waals surface area contributed by atoms with E-state index in [-0.39, 0.29) is 16.9 Å². The first kappa shape index (κ1) is 19.6. The van der Waals surface area contributed by atoms with Gasteiger partial charge in [-0.1, -0.05) is 49.4 Å². The molecule has 5 heteroatoms. The Balaban J connectivity index is 1.92. The molecule has 0 radical (unpaired) electrons. The van der Waals surface area contributed by atoms with Crippen molar-refractivity contribution >= 4 is 23.1 Å². The molecule has 1 unspecified atom stereocenters. The molecule has 4 nitrogen and oxygen atoms in total. The summed E-state index contributed by atoms with van der Waals surface area (Å²) in [6, 6.07) is 20.9. The Hall–Kier alpha value is -3.73. The van der Waals surface area contributed by atoms with Gasteiger partial charge in [-0.2, -0.15) is 0 Å². The summed E-state index contributed by atoms with van der Waals surface area (Å²) in [4.78, 5) is 27.4. The maximum atomic E-state index is 13.3. The van der Waals surface area contributed by atoms with Gasteiger partial charge in [0.05, 0.1) is 11.6 Å². The Morgan fingerprint density at radius 1 is 0.933 bits per heavy atom. The van der Waals surface area contributed by atoms with Gasteiger partial charge in [-0.05, 0) is 53.9 Å². The van der Waals surface area contributed by atoms with E-state index < -0.39 is 23.5 Å². The highest BCUT2D eigenvalue weighted by Crippen LogP contribution is 2.42. The number of carbonyl (C=O) groups excluding carboxylic acids is 2. The lowest BCUT2D eigenvalue weighted by atomic mass is 9.94. The monoisotopic (exact) mass is 401 g/mol. The topological polar surface area (TPSA) is 57.6 Å². The third-order valence-corrected chi connectivity index (χ3v) is 5.30. The summed E-state index contributed by atoms with van der Waals surface area (Å²) in [6.45, 7) is 2.04. The lowest BCUT2D eigenvalue weighted by molar-refractivity contribution is -0.132. The van der Waals surface area contributed by atoms with E-state index in [1.54, 1.807) is 24.3 Å². The van der Waals surface area contributed by atoms with Gasteiger partial charge in [0.25, 0.3) is 11.7 Å². The molecule has 0 aliphatic carbocycles. The van der Waals surface area contributed by atoms with Gasteiger partial charge in [0.1, 0.15) is 11.6 Å². The van der Waals surface area contributed by atoms with Gasteiger partial charge < -0.3 is 5.11 Å². The predicted octanol–water partition coefficient (Wildman–Crippen LogP) is 5.01. The molecule has 3 aromatic carbocycles. The second-order valence-electron chi connectivity index (χ2n) is 7.11. The molecule has 1 aliphatic heterocycles. The number of ketones is 1. The van der Waals surface area contributed by atoms with Gasteiger partial charge >= 0.3 is 0 Å². The van der Waals surface area contributed by atoms with E-state index in [2.05, 4.69) is 0 Å². The number of para-hydroxylation sites is 1. The second-order valence-corrected chi connectivity index (χ2v) is 7.11. The first-order chi connectivity index (χ1) is 14.5. The number of benzene rings is 3.